The summed E-state index contributed by atoms with van der Waals surface area (Å²) in [4.78, 5) is 18.0. The maximum Gasteiger partial charge on any atom is 0.168 e. The third-order valence-electron chi connectivity index (χ3n) is 5.18. The van der Waals surface area contributed by atoms with Crippen molar-refractivity contribution in [3.8, 4) is 0 Å². The summed E-state index contributed by atoms with van der Waals surface area (Å²) in [6.45, 7) is 0.505. The van der Waals surface area contributed by atoms with Crippen LogP contribution in [0.5, 0.6) is 0 Å². The molecule has 4 rings (SSSR count). The Labute approximate surface area is 164 Å². The van der Waals surface area contributed by atoms with Crippen molar-refractivity contribution in [2.45, 2.75) is 12.3 Å². The largest absolute Gasteiger partial charge is 0.294 e. The summed E-state index contributed by atoms with van der Waals surface area (Å²) < 4.78 is 0. The molecule has 0 amide bonds. The topological polar surface area (TPSA) is 29.4 Å². The van der Waals surface area contributed by atoms with Gasteiger partial charge in [-0.2, -0.15) is 0 Å². The molecule has 3 aromatic rings. The molecule has 1 heterocycles. The molecule has 0 radical (unpaired) electrons. The van der Waals surface area contributed by atoms with E-state index in [2.05, 4.69) is 12.1 Å². The maximum atomic E-state index is 13.2. The molecule has 3 heteroatoms. The van der Waals surface area contributed by atoms with Gasteiger partial charge in [0.1, 0.15) is 0 Å². The van der Waals surface area contributed by atoms with Gasteiger partial charge in [-0.05, 0) is 29.7 Å². The van der Waals surface area contributed by atoms with E-state index in [-0.39, 0.29) is 17.6 Å². The molecule has 0 saturated carbocycles. The first-order valence-electron chi connectivity index (χ1n) is 9.16. The summed E-state index contributed by atoms with van der Waals surface area (Å²) in [6, 6.07) is 27.6. The van der Waals surface area contributed by atoms with E-state index < -0.39 is 0 Å². The van der Waals surface area contributed by atoms with E-state index in [0.29, 0.717) is 11.6 Å². The van der Waals surface area contributed by atoms with E-state index in [1.54, 1.807) is 0 Å². The lowest BCUT2D eigenvalue weighted by molar-refractivity contribution is 0.0903. The van der Waals surface area contributed by atoms with Crippen LogP contribution in [0.15, 0.2) is 89.9 Å². The summed E-state index contributed by atoms with van der Waals surface area (Å²) in [7, 11) is 0. The molecule has 0 spiro atoms. The number of Topliss-reactive ketones (excluding diaryl/α,β-unsaturated/α-hetero) is 1. The van der Waals surface area contributed by atoms with E-state index in [4.69, 9.17) is 16.6 Å². The van der Waals surface area contributed by atoms with E-state index in [1.165, 1.54) is 5.56 Å². The zero-order chi connectivity index (χ0) is 18.6. The first-order chi connectivity index (χ1) is 13.2. The Hall–Kier alpha value is -2.71. The van der Waals surface area contributed by atoms with Crippen LogP contribution in [0.1, 0.15) is 33.8 Å². The van der Waals surface area contributed by atoms with Gasteiger partial charge in [-0.1, -0.05) is 84.4 Å². The molecule has 0 fully saturated rings. The Morgan fingerprint density at radius 1 is 0.852 bits per heavy atom. The number of hydrogen-bond acceptors (Lipinski definition) is 2. The van der Waals surface area contributed by atoms with Crippen LogP contribution in [0.2, 0.25) is 5.02 Å². The fraction of sp³-hybridized carbons (Fsp3) is 0.167. The number of benzene rings is 3. The number of hydrogen-bond donors (Lipinski definition) is 0. The van der Waals surface area contributed by atoms with Gasteiger partial charge in [0.2, 0.25) is 0 Å². The van der Waals surface area contributed by atoms with Crippen LogP contribution in [-0.2, 0) is 0 Å². The number of ketones is 1. The number of aliphatic imine (C=N–C) groups is 1. The SMILES string of the molecule is O=C(c1ccccc1)C1CN=C(c2ccc(Cl)cc2)CC1c1ccccc1. The van der Waals surface area contributed by atoms with Gasteiger partial charge in [-0.25, -0.2) is 0 Å². The molecule has 2 nitrogen and oxygen atoms in total. The van der Waals surface area contributed by atoms with Crippen LogP contribution in [0.4, 0.5) is 0 Å². The van der Waals surface area contributed by atoms with Gasteiger partial charge in [0.25, 0.3) is 0 Å². The summed E-state index contributed by atoms with van der Waals surface area (Å²) in [5.74, 6) is 0.135. The van der Waals surface area contributed by atoms with E-state index >= 15 is 0 Å². The molecule has 0 N–H and O–H groups in total. The predicted molar refractivity (Wildman–Crippen MR) is 111 cm³/mol. The van der Waals surface area contributed by atoms with Gasteiger partial charge < -0.3 is 0 Å². The maximum absolute atomic E-state index is 13.2. The van der Waals surface area contributed by atoms with Crippen LogP contribution >= 0.6 is 11.6 Å². The molecular weight excluding hydrogens is 354 g/mol. The molecule has 2 atom stereocenters. The third-order valence-corrected chi connectivity index (χ3v) is 5.43. The van der Waals surface area contributed by atoms with Crippen molar-refractivity contribution in [3.05, 3.63) is 107 Å². The highest BCUT2D eigenvalue weighted by Gasteiger charge is 2.34. The number of carbonyl (C=O) groups excluding carboxylic acids is 1. The van der Waals surface area contributed by atoms with Crippen molar-refractivity contribution in [2.24, 2.45) is 10.9 Å². The number of carbonyl (C=O) groups is 1. The highest BCUT2D eigenvalue weighted by atomic mass is 35.5. The number of rotatable bonds is 4. The molecule has 1 aliphatic rings. The second kappa shape index (κ2) is 7.89. The lowest BCUT2D eigenvalue weighted by atomic mass is 9.76. The minimum absolute atomic E-state index is 0.113. The Morgan fingerprint density at radius 3 is 2.15 bits per heavy atom. The smallest absolute Gasteiger partial charge is 0.168 e. The molecular formula is C24H20ClNO. The van der Waals surface area contributed by atoms with Crippen LogP contribution < -0.4 is 0 Å². The summed E-state index contributed by atoms with van der Waals surface area (Å²) in [6.07, 6.45) is 0.745. The molecule has 134 valence electrons. The van der Waals surface area contributed by atoms with Gasteiger partial charge >= 0.3 is 0 Å². The summed E-state index contributed by atoms with van der Waals surface area (Å²) in [5, 5.41) is 0.715. The Kier molecular flexibility index (Phi) is 5.17. The fourth-order valence-electron chi connectivity index (χ4n) is 3.73. The highest BCUT2D eigenvalue weighted by Crippen LogP contribution is 2.35. The average molecular weight is 374 g/mol. The van der Waals surface area contributed by atoms with Crippen molar-refractivity contribution in [1.82, 2.24) is 0 Å². The van der Waals surface area contributed by atoms with Gasteiger partial charge in [-0.3, -0.25) is 9.79 Å². The fourth-order valence-corrected chi connectivity index (χ4v) is 3.86. The molecule has 27 heavy (non-hydrogen) atoms. The van der Waals surface area contributed by atoms with Crippen LogP contribution in [0.25, 0.3) is 0 Å². The minimum atomic E-state index is -0.147. The lowest BCUT2D eigenvalue weighted by Gasteiger charge is -2.30. The van der Waals surface area contributed by atoms with Crippen LogP contribution in [0, 0.1) is 5.92 Å². The Balaban J connectivity index is 1.69. The molecule has 0 saturated heterocycles. The van der Waals surface area contributed by atoms with Crippen molar-refractivity contribution in [2.75, 3.05) is 6.54 Å². The third kappa shape index (κ3) is 3.86. The van der Waals surface area contributed by atoms with E-state index in [1.807, 2.05) is 72.8 Å². The van der Waals surface area contributed by atoms with Crippen molar-refractivity contribution < 1.29 is 4.79 Å². The first-order valence-corrected chi connectivity index (χ1v) is 9.53. The summed E-state index contributed by atoms with van der Waals surface area (Å²) in [5.41, 5.74) is 4.06. The highest BCUT2D eigenvalue weighted by molar-refractivity contribution is 6.30. The lowest BCUT2D eigenvalue weighted by Crippen LogP contribution is -2.31. The summed E-state index contributed by atoms with van der Waals surface area (Å²) >= 11 is 6.02. The second-order valence-electron chi connectivity index (χ2n) is 6.85. The normalized spacial score (nSPS) is 19.4. The van der Waals surface area contributed by atoms with Crippen molar-refractivity contribution in [1.29, 1.82) is 0 Å². The number of nitrogens with zero attached hydrogens (tertiary/aromatic N) is 1. The molecule has 1 aliphatic heterocycles. The predicted octanol–water partition coefficient (Wildman–Crippen LogP) is 5.82. The van der Waals surface area contributed by atoms with E-state index in [9.17, 15) is 4.79 Å². The quantitative estimate of drug-likeness (QED) is 0.530. The zero-order valence-corrected chi connectivity index (χ0v) is 15.6. The minimum Gasteiger partial charge on any atom is -0.294 e. The van der Waals surface area contributed by atoms with Crippen LogP contribution in [-0.4, -0.2) is 18.0 Å². The first kappa shape index (κ1) is 17.7. The zero-order valence-electron chi connectivity index (χ0n) is 14.9. The van der Waals surface area contributed by atoms with Gasteiger partial charge in [0, 0.05) is 34.7 Å². The Bertz CT molecular complexity index is 949. The second-order valence-corrected chi connectivity index (χ2v) is 7.29. The molecule has 0 aromatic heterocycles. The monoisotopic (exact) mass is 373 g/mol. The van der Waals surface area contributed by atoms with Crippen LogP contribution in [0.3, 0.4) is 0 Å². The van der Waals surface area contributed by atoms with Gasteiger partial charge in [0.15, 0.2) is 5.78 Å². The molecule has 3 aromatic carbocycles. The standard InChI is InChI=1S/C24H20ClNO/c25-20-13-11-18(12-14-20)23-15-21(17-7-3-1-4-8-17)22(16-26-23)24(27)19-9-5-2-6-10-19/h1-14,21-22H,15-16H2. The Morgan fingerprint density at radius 2 is 1.48 bits per heavy atom. The van der Waals surface area contributed by atoms with Gasteiger partial charge in [-0.15, -0.1) is 0 Å². The average Bonchev–Trinajstić information content (AvgIpc) is 2.75. The molecule has 0 bridgehead atoms. The van der Waals surface area contributed by atoms with Crippen molar-refractivity contribution >= 4 is 23.1 Å². The molecule has 2 unspecified atom stereocenters. The van der Waals surface area contributed by atoms with E-state index in [0.717, 1.165) is 23.3 Å². The van der Waals surface area contributed by atoms with Crippen molar-refractivity contribution in [3.63, 3.8) is 0 Å². The van der Waals surface area contributed by atoms with Gasteiger partial charge in [0.05, 0.1) is 0 Å². The number of halogens is 1. The molecule has 0 aliphatic carbocycles.